The number of hydrogen-bond donors (Lipinski definition) is 2. The maximum Gasteiger partial charge on any atom is 0.236 e. The second-order valence-corrected chi connectivity index (χ2v) is 6.03. The summed E-state index contributed by atoms with van der Waals surface area (Å²) in [5.41, 5.74) is 5.41. The summed E-state index contributed by atoms with van der Waals surface area (Å²) in [4.78, 5) is 28.5. The zero-order chi connectivity index (χ0) is 16.4. The van der Waals surface area contributed by atoms with Crippen molar-refractivity contribution < 1.29 is 9.59 Å². The first-order chi connectivity index (χ1) is 10.6. The van der Waals surface area contributed by atoms with Crippen molar-refractivity contribution in [3.8, 4) is 0 Å². The van der Waals surface area contributed by atoms with Crippen molar-refractivity contribution in [3.05, 3.63) is 0 Å². The number of amides is 2. The minimum atomic E-state index is -0.0149. The van der Waals surface area contributed by atoms with Crippen molar-refractivity contribution in [3.63, 3.8) is 0 Å². The highest BCUT2D eigenvalue weighted by Crippen LogP contribution is 2.16. The number of likely N-dealkylation sites (tertiary alicyclic amines) is 1. The van der Waals surface area contributed by atoms with Crippen molar-refractivity contribution in [1.29, 1.82) is 0 Å². The molecular formula is C16H32N4O2. The summed E-state index contributed by atoms with van der Waals surface area (Å²) in [6.07, 6.45) is 3.83. The summed E-state index contributed by atoms with van der Waals surface area (Å²) in [5.74, 6) is 0.243. The first-order valence-electron chi connectivity index (χ1n) is 8.60. The van der Waals surface area contributed by atoms with Crippen molar-refractivity contribution >= 4 is 11.8 Å². The first-order valence-corrected chi connectivity index (χ1v) is 8.60. The van der Waals surface area contributed by atoms with Gasteiger partial charge in [-0.05, 0) is 32.2 Å². The Kier molecular flexibility index (Phi) is 9.08. The molecule has 0 aromatic rings. The summed E-state index contributed by atoms with van der Waals surface area (Å²) < 4.78 is 0. The average molecular weight is 312 g/mol. The van der Waals surface area contributed by atoms with E-state index in [0.717, 1.165) is 45.3 Å². The number of nitrogens with two attached hydrogens (primary N) is 1. The lowest BCUT2D eigenvalue weighted by atomic mass is 9.97. The van der Waals surface area contributed by atoms with E-state index < -0.39 is 0 Å². The molecule has 22 heavy (non-hydrogen) atoms. The smallest absolute Gasteiger partial charge is 0.236 e. The van der Waals surface area contributed by atoms with Crippen LogP contribution in [0.15, 0.2) is 0 Å². The highest BCUT2D eigenvalue weighted by Gasteiger charge is 2.27. The summed E-state index contributed by atoms with van der Waals surface area (Å²) in [7, 11) is 0. The molecule has 1 saturated heterocycles. The number of nitrogens with one attached hydrogen (secondary N) is 1. The number of rotatable bonds is 9. The zero-order valence-corrected chi connectivity index (χ0v) is 14.1. The highest BCUT2D eigenvalue weighted by atomic mass is 16.2. The van der Waals surface area contributed by atoms with E-state index in [2.05, 4.69) is 24.1 Å². The van der Waals surface area contributed by atoms with Gasteiger partial charge in [-0.3, -0.25) is 14.5 Å². The number of piperidine rings is 1. The Morgan fingerprint density at radius 1 is 1.27 bits per heavy atom. The van der Waals surface area contributed by atoms with Crippen LogP contribution in [0, 0.1) is 5.92 Å². The molecule has 3 N–H and O–H groups in total. The molecule has 1 atom stereocenters. The van der Waals surface area contributed by atoms with Crippen molar-refractivity contribution in [2.75, 3.05) is 45.8 Å². The standard InChI is InChI=1S/C16H32N4O2/c1-3-9-20(10-4-2)15(21)13-19-11-5-6-14(12-19)16(22)18-8-7-17/h14H,3-13,17H2,1-2H3,(H,18,22). The van der Waals surface area contributed by atoms with Gasteiger partial charge in [-0.15, -0.1) is 0 Å². The van der Waals surface area contributed by atoms with Crippen LogP contribution in [0.4, 0.5) is 0 Å². The van der Waals surface area contributed by atoms with E-state index in [-0.39, 0.29) is 17.7 Å². The van der Waals surface area contributed by atoms with Crippen LogP contribution in [-0.2, 0) is 9.59 Å². The fourth-order valence-electron chi connectivity index (χ4n) is 2.95. The molecule has 0 radical (unpaired) electrons. The summed E-state index contributed by atoms with van der Waals surface area (Å²) >= 11 is 0. The molecule has 0 spiro atoms. The topological polar surface area (TPSA) is 78.7 Å². The predicted molar refractivity (Wildman–Crippen MR) is 88.4 cm³/mol. The fourth-order valence-corrected chi connectivity index (χ4v) is 2.95. The van der Waals surface area contributed by atoms with Gasteiger partial charge >= 0.3 is 0 Å². The molecular weight excluding hydrogens is 280 g/mol. The normalized spacial score (nSPS) is 19.0. The van der Waals surface area contributed by atoms with E-state index in [1.165, 1.54) is 0 Å². The monoisotopic (exact) mass is 312 g/mol. The van der Waals surface area contributed by atoms with Crippen LogP contribution in [-0.4, -0.2) is 67.4 Å². The van der Waals surface area contributed by atoms with Crippen LogP contribution in [0.2, 0.25) is 0 Å². The van der Waals surface area contributed by atoms with Gasteiger partial charge in [-0.1, -0.05) is 13.8 Å². The molecule has 2 amide bonds. The number of carbonyl (C=O) groups is 2. The van der Waals surface area contributed by atoms with E-state index in [0.29, 0.717) is 26.2 Å². The van der Waals surface area contributed by atoms with Crippen molar-refractivity contribution in [2.24, 2.45) is 11.7 Å². The quantitative estimate of drug-likeness (QED) is 0.647. The molecule has 6 heteroatoms. The SMILES string of the molecule is CCCN(CCC)C(=O)CN1CCCC(C(=O)NCCN)C1. The van der Waals surface area contributed by atoms with Crippen LogP contribution in [0.3, 0.4) is 0 Å². The van der Waals surface area contributed by atoms with Gasteiger partial charge in [0.05, 0.1) is 12.5 Å². The lowest BCUT2D eigenvalue weighted by Crippen LogP contribution is -2.48. The van der Waals surface area contributed by atoms with E-state index in [9.17, 15) is 9.59 Å². The third-order valence-corrected chi connectivity index (χ3v) is 4.02. The van der Waals surface area contributed by atoms with Crippen molar-refractivity contribution in [1.82, 2.24) is 15.1 Å². The van der Waals surface area contributed by atoms with E-state index >= 15 is 0 Å². The summed E-state index contributed by atoms with van der Waals surface area (Å²) in [6, 6.07) is 0. The molecule has 128 valence electrons. The summed E-state index contributed by atoms with van der Waals surface area (Å²) in [6.45, 7) is 8.82. The molecule has 0 aliphatic carbocycles. The Bertz CT molecular complexity index is 343. The lowest BCUT2D eigenvalue weighted by molar-refractivity contribution is -0.134. The number of nitrogens with zero attached hydrogens (tertiary/aromatic N) is 2. The second-order valence-electron chi connectivity index (χ2n) is 6.03. The Balaban J connectivity index is 2.47. The van der Waals surface area contributed by atoms with Crippen LogP contribution >= 0.6 is 0 Å². The fraction of sp³-hybridized carbons (Fsp3) is 0.875. The Hall–Kier alpha value is -1.14. The molecule has 1 fully saturated rings. The number of hydrogen-bond acceptors (Lipinski definition) is 4. The molecule has 1 heterocycles. The summed E-state index contributed by atoms with van der Waals surface area (Å²) in [5, 5.41) is 2.85. The predicted octanol–water partition coefficient (Wildman–Crippen LogP) is 0.422. The van der Waals surface area contributed by atoms with Gasteiger partial charge in [0.1, 0.15) is 0 Å². The average Bonchev–Trinajstić information content (AvgIpc) is 2.52. The molecule has 1 aliphatic rings. The van der Waals surface area contributed by atoms with E-state index in [1.54, 1.807) is 0 Å². The zero-order valence-electron chi connectivity index (χ0n) is 14.1. The van der Waals surface area contributed by atoms with Crippen LogP contribution in [0.1, 0.15) is 39.5 Å². The molecule has 0 aromatic heterocycles. The lowest BCUT2D eigenvalue weighted by Gasteiger charge is -2.33. The van der Waals surface area contributed by atoms with Gasteiger partial charge in [0.2, 0.25) is 11.8 Å². The van der Waals surface area contributed by atoms with Gasteiger partial charge in [0, 0.05) is 32.7 Å². The minimum absolute atomic E-state index is 0.0149. The molecule has 1 rings (SSSR count). The molecule has 6 nitrogen and oxygen atoms in total. The number of carbonyl (C=O) groups excluding carboxylic acids is 2. The Labute approximate surface area is 134 Å². The highest BCUT2D eigenvalue weighted by molar-refractivity contribution is 5.80. The van der Waals surface area contributed by atoms with Crippen molar-refractivity contribution in [2.45, 2.75) is 39.5 Å². The van der Waals surface area contributed by atoms with E-state index in [1.807, 2.05) is 4.90 Å². The maximum atomic E-state index is 12.4. The molecule has 0 aromatic carbocycles. The Morgan fingerprint density at radius 3 is 2.55 bits per heavy atom. The van der Waals surface area contributed by atoms with Gasteiger partial charge in [-0.2, -0.15) is 0 Å². The molecule has 0 saturated carbocycles. The van der Waals surface area contributed by atoms with Crippen LogP contribution in [0.25, 0.3) is 0 Å². The van der Waals surface area contributed by atoms with Crippen LogP contribution in [0.5, 0.6) is 0 Å². The minimum Gasteiger partial charge on any atom is -0.355 e. The van der Waals surface area contributed by atoms with Gasteiger partial charge in [-0.25, -0.2) is 0 Å². The first kappa shape index (κ1) is 18.9. The van der Waals surface area contributed by atoms with Crippen LogP contribution < -0.4 is 11.1 Å². The van der Waals surface area contributed by atoms with E-state index in [4.69, 9.17) is 5.73 Å². The molecule has 0 bridgehead atoms. The van der Waals surface area contributed by atoms with Gasteiger partial charge in [0.15, 0.2) is 0 Å². The molecule has 1 aliphatic heterocycles. The maximum absolute atomic E-state index is 12.4. The Morgan fingerprint density at radius 2 is 1.95 bits per heavy atom. The largest absolute Gasteiger partial charge is 0.355 e. The second kappa shape index (κ2) is 10.6. The van der Waals surface area contributed by atoms with Gasteiger partial charge < -0.3 is 16.0 Å². The molecule has 1 unspecified atom stereocenters. The third-order valence-electron chi connectivity index (χ3n) is 4.02. The third kappa shape index (κ3) is 6.32. The van der Waals surface area contributed by atoms with Gasteiger partial charge in [0.25, 0.3) is 0 Å².